The minimum absolute atomic E-state index is 0.0428. The summed E-state index contributed by atoms with van der Waals surface area (Å²) in [6.45, 7) is 15.6. The second kappa shape index (κ2) is 12.2. The number of piperidine rings is 1. The van der Waals surface area contributed by atoms with Crippen molar-refractivity contribution in [1.29, 1.82) is 0 Å². The summed E-state index contributed by atoms with van der Waals surface area (Å²) in [4.78, 5) is 67.6. The third-order valence-corrected chi connectivity index (χ3v) is 9.35. The van der Waals surface area contributed by atoms with E-state index in [-0.39, 0.29) is 29.1 Å². The highest BCUT2D eigenvalue weighted by atomic mass is 16.2. The minimum atomic E-state index is -0.888. The van der Waals surface area contributed by atoms with Crippen LogP contribution in [0.3, 0.4) is 0 Å². The zero-order valence-corrected chi connectivity index (χ0v) is 25.9. The molecule has 1 saturated carbocycles. The van der Waals surface area contributed by atoms with Crippen LogP contribution in [0.25, 0.3) is 0 Å². The van der Waals surface area contributed by atoms with Crippen molar-refractivity contribution in [3.8, 4) is 0 Å². The number of carbonyl (C=O) groups excluding carboxylic acids is 5. The third kappa shape index (κ3) is 7.43. The molecule has 2 saturated heterocycles. The molecular formula is C31H52N4O5. The Labute approximate surface area is 240 Å². The number of nitrogens with zero attached hydrogens (tertiary/aromatic N) is 1. The van der Waals surface area contributed by atoms with Crippen molar-refractivity contribution in [2.75, 3.05) is 6.54 Å². The monoisotopic (exact) mass is 560 g/mol. The van der Waals surface area contributed by atoms with Crippen LogP contribution in [0.5, 0.6) is 0 Å². The molecule has 9 heteroatoms. The van der Waals surface area contributed by atoms with E-state index in [0.717, 1.165) is 51.4 Å². The molecule has 0 aromatic carbocycles. The largest absolute Gasteiger partial charge is 0.344 e. The van der Waals surface area contributed by atoms with Gasteiger partial charge >= 0.3 is 6.03 Å². The molecule has 3 fully saturated rings. The zero-order chi connectivity index (χ0) is 30.0. The minimum Gasteiger partial charge on any atom is -0.344 e. The number of amides is 4. The lowest BCUT2D eigenvalue weighted by atomic mass is 9.78. The van der Waals surface area contributed by atoms with Gasteiger partial charge in [0.1, 0.15) is 12.1 Å². The smallest absolute Gasteiger partial charge is 0.315 e. The van der Waals surface area contributed by atoms with E-state index < -0.39 is 46.7 Å². The number of fused-ring (bicyclic) bond motifs is 3. The molecule has 9 nitrogen and oxygen atoms in total. The molecule has 2 unspecified atom stereocenters. The summed E-state index contributed by atoms with van der Waals surface area (Å²) in [6, 6.07) is -2.88. The number of hydrogen-bond donors (Lipinski definition) is 3. The van der Waals surface area contributed by atoms with Crippen molar-refractivity contribution in [2.24, 2.45) is 22.7 Å². The Balaban J connectivity index is 1.96. The summed E-state index contributed by atoms with van der Waals surface area (Å²) in [7, 11) is 0. The number of nitrogens with one attached hydrogen (secondary N) is 3. The summed E-state index contributed by atoms with van der Waals surface area (Å²) in [5.74, 6) is -1.70. The van der Waals surface area contributed by atoms with Crippen molar-refractivity contribution in [3.63, 3.8) is 0 Å². The van der Waals surface area contributed by atoms with Gasteiger partial charge in [0.25, 0.3) is 0 Å². The predicted octanol–water partition coefficient (Wildman–Crippen LogP) is 4.13. The Bertz CT molecular complexity index is 998. The number of hydrogen-bond acceptors (Lipinski definition) is 5. The van der Waals surface area contributed by atoms with E-state index >= 15 is 0 Å². The molecule has 2 heterocycles. The summed E-state index contributed by atoms with van der Waals surface area (Å²) in [5, 5.41) is 8.77. The normalized spacial score (nSPS) is 31.2. The molecule has 226 valence electrons. The first-order valence-electron chi connectivity index (χ1n) is 15.2. The number of urea groups is 1. The van der Waals surface area contributed by atoms with Gasteiger partial charge in [0.15, 0.2) is 5.78 Å². The highest BCUT2D eigenvalue weighted by Gasteiger charge is 2.70. The Morgan fingerprint density at radius 3 is 2.08 bits per heavy atom. The average Bonchev–Trinajstić information content (AvgIpc) is 3.15. The van der Waals surface area contributed by atoms with Gasteiger partial charge in [-0.1, -0.05) is 72.6 Å². The molecule has 40 heavy (non-hydrogen) atoms. The second-order valence-corrected chi connectivity index (χ2v) is 14.7. The standard InChI is InChI=1S/C31H52N4O5/c1-19(36)24(37)21-16-14-12-10-9-11-13-15-17-30(5,6)25(33-28(40)34-29(2,3)4)27(39)35-18-20-22(31(20,7)8)23(35)26(38)32-21/h20-23,25H,9-18H2,1-8H3,(H,32,38)(H2,33,34,40)/t20?,21-,22?,23-,25+/m0/s1. The van der Waals surface area contributed by atoms with Gasteiger partial charge in [0.05, 0.1) is 6.04 Å². The van der Waals surface area contributed by atoms with E-state index in [1.165, 1.54) is 6.92 Å². The molecular weight excluding hydrogens is 508 g/mol. The Kier molecular flexibility index (Phi) is 9.78. The van der Waals surface area contributed by atoms with Crippen LogP contribution >= 0.6 is 0 Å². The Hall–Kier alpha value is -2.45. The maximum Gasteiger partial charge on any atom is 0.315 e. The van der Waals surface area contributed by atoms with Crippen molar-refractivity contribution in [2.45, 2.75) is 137 Å². The summed E-state index contributed by atoms with van der Waals surface area (Å²) >= 11 is 0. The summed E-state index contributed by atoms with van der Waals surface area (Å²) in [5.41, 5.74) is -1.13. The van der Waals surface area contributed by atoms with Crippen LogP contribution in [0, 0.1) is 22.7 Å². The third-order valence-electron chi connectivity index (χ3n) is 9.35. The van der Waals surface area contributed by atoms with Crippen LogP contribution in [0.1, 0.15) is 113 Å². The molecule has 0 spiro atoms. The van der Waals surface area contributed by atoms with Crippen LogP contribution in [0.15, 0.2) is 0 Å². The summed E-state index contributed by atoms with van der Waals surface area (Å²) < 4.78 is 0. The molecule has 5 atom stereocenters. The molecule has 0 bridgehead atoms. The molecule has 3 N–H and O–H groups in total. The maximum absolute atomic E-state index is 14.3. The fourth-order valence-corrected chi connectivity index (χ4v) is 6.81. The molecule has 1 aliphatic carbocycles. The van der Waals surface area contributed by atoms with E-state index in [9.17, 15) is 24.0 Å². The van der Waals surface area contributed by atoms with Crippen LogP contribution in [0.2, 0.25) is 0 Å². The molecule has 0 aromatic rings. The molecule has 0 radical (unpaired) electrons. The SMILES string of the molecule is CC(=O)C(=O)[C@@H]1CCCCCCCCCC(C)(C)[C@H](NC(=O)NC(C)(C)C)C(=O)N2CC3C([C@H]2C(=O)N1)C3(C)C. The first-order chi connectivity index (χ1) is 18.5. The van der Waals surface area contributed by atoms with Crippen LogP contribution in [-0.2, 0) is 19.2 Å². The number of Topliss-reactive ketones (excluding diaryl/α,β-unsaturated/α-hetero) is 2. The summed E-state index contributed by atoms with van der Waals surface area (Å²) in [6.07, 6.45) is 8.00. The molecule has 3 rings (SSSR count). The lowest BCUT2D eigenvalue weighted by Crippen LogP contribution is -2.62. The van der Waals surface area contributed by atoms with E-state index in [4.69, 9.17) is 0 Å². The van der Waals surface area contributed by atoms with Gasteiger partial charge in [-0.2, -0.15) is 0 Å². The maximum atomic E-state index is 14.3. The van der Waals surface area contributed by atoms with Gasteiger partial charge in [0, 0.05) is 19.0 Å². The van der Waals surface area contributed by atoms with Crippen LogP contribution in [-0.4, -0.2) is 64.5 Å². The lowest BCUT2D eigenvalue weighted by Gasteiger charge is -2.40. The first-order valence-corrected chi connectivity index (χ1v) is 15.2. The predicted molar refractivity (Wildman–Crippen MR) is 154 cm³/mol. The fraction of sp³-hybridized carbons (Fsp3) is 0.839. The van der Waals surface area contributed by atoms with Gasteiger partial charge in [-0.05, 0) is 56.3 Å². The van der Waals surface area contributed by atoms with Crippen LogP contribution in [0.4, 0.5) is 4.79 Å². The van der Waals surface area contributed by atoms with E-state index in [2.05, 4.69) is 29.8 Å². The lowest BCUT2D eigenvalue weighted by molar-refractivity contribution is -0.145. The zero-order valence-electron chi connectivity index (χ0n) is 25.9. The molecule has 3 aliphatic rings. The van der Waals surface area contributed by atoms with Gasteiger partial charge in [-0.25, -0.2) is 4.79 Å². The second-order valence-electron chi connectivity index (χ2n) is 14.7. The fourth-order valence-electron chi connectivity index (χ4n) is 6.81. The van der Waals surface area contributed by atoms with Crippen molar-refractivity contribution in [3.05, 3.63) is 0 Å². The van der Waals surface area contributed by atoms with Crippen molar-refractivity contribution in [1.82, 2.24) is 20.9 Å². The molecule has 2 aliphatic heterocycles. The van der Waals surface area contributed by atoms with E-state index in [1.54, 1.807) is 4.90 Å². The molecule has 4 amide bonds. The van der Waals surface area contributed by atoms with Gasteiger partial charge < -0.3 is 20.9 Å². The van der Waals surface area contributed by atoms with E-state index in [0.29, 0.717) is 13.0 Å². The average molecular weight is 561 g/mol. The topological polar surface area (TPSA) is 125 Å². The van der Waals surface area contributed by atoms with Crippen molar-refractivity contribution >= 4 is 29.4 Å². The van der Waals surface area contributed by atoms with Gasteiger partial charge in [-0.3, -0.25) is 19.2 Å². The number of ketones is 2. The van der Waals surface area contributed by atoms with Gasteiger partial charge in [-0.15, -0.1) is 0 Å². The molecule has 0 aromatic heterocycles. The van der Waals surface area contributed by atoms with Gasteiger partial charge in [0.2, 0.25) is 17.6 Å². The number of carbonyl (C=O) groups is 5. The quantitative estimate of drug-likeness (QED) is 0.448. The van der Waals surface area contributed by atoms with Crippen molar-refractivity contribution < 1.29 is 24.0 Å². The highest BCUT2D eigenvalue weighted by molar-refractivity contribution is 6.38. The number of rotatable bonds is 3. The van der Waals surface area contributed by atoms with E-state index in [1.807, 2.05) is 34.6 Å². The first kappa shape index (κ1) is 32.1. The Morgan fingerprint density at radius 2 is 1.50 bits per heavy atom. The van der Waals surface area contributed by atoms with Crippen LogP contribution < -0.4 is 16.0 Å². The Morgan fingerprint density at radius 1 is 0.925 bits per heavy atom. The highest BCUT2D eigenvalue weighted by Crippen LogP contribution is 2.65.